The Bertz CT molecular complexity index is 710. The zero-order valence-corrected chi connectivity index (χ0v) is 13.9. The number of carbonyl (C=O) groups is 1. The highest BCUT2D eigenvalue weighted by atomic mass is 16.1. The van der Waals surface area contributed by atoms with Gasteiger partial charge in [-0.1, -0.05) is 24.1 Å². The number of hydrogen-bond acceptors (Lipinski definition) is 3. The van der Waals surface area contributed by atoms with E-state index in [1.165, 1.54) is 37.7 Å². The number of allylic oxidation sites excluding steroid dienone is 1. The molecule has 124 valence electrons. The van der Waals surface area contributed by atoms with Gasteiger partial charge >= 0.3 is 0 Å². The van der Waals surface area contributed by atoms with Crippen LogP contribution in [-0.4, -0.2) is 22.4 Å². The van der Waals surface area contributed by atoms with Gasteiger partial charge in [-0.05, 0) is 56.4 Å². The third-order valence-corrected chi connectivity index (χ3v) is 4.33. The number of hydrogen-bond donors (Lipinski definition) is 1. The van der Waals surface area contributed by atoms with E-state index in [0.29, 0.717) is 17.8 Å². The lowest BCUT2D eigenvalue weighted by Gasteiger charge is -2.10. The first kappa shape index (κ1) is 16.4. The Morgan fingerprint density at radius 2 is 1.96 bits per heavy atom. The second-order valence-corrected chi connectivity index (χ2v) is 6.08. The second-order valence-electron chi connectivity index (χ2n) is 6.08. The van der Waals surface area contributed by atoms with Gasteiger partial charge in [0.2, 0.25) is 0 Å². The van der Waals surface area contributed by atoms with Crippen molar-refractivity contribution < 1.29 is 4.79 Å². The SMILES string of the molecule is O=C(NCCC1=CCCCCC1)c1cccnc1-c1ccccn1. The average molecular weight is 321 g/mol. The average Bonchev–Trinajstić information content (AvgIpc) is 2.91. The van der Waals surface area contributed by atoms with E-state index in [0.717, 1.165) is 12.1 Å². The number of aromatic nitrogens is 2. The van der Waals surface area contributed by atoms with Gasteiger partial charge in [-0.15, -0.1) is 0 Å². The fourth-order valence-corrected chi connectivity index (χ4v) is 3.04. The molecule has 4 nitrogen and oxygen atoms in total. The van der Waals surface area contributed by atoms with Crippen LogP contribution < -0.4 is 5.32 Å². The Morgan fingerprint density at radius 1 is 1.04 bits per heavy atom. The van der Waals surface area contributed by atoms with Crippen LogP contribution >= 0.6 is 0 Å². The van der Waals surface area contributed by atoms with Gasteiger partial charge in [-0.2, -0.15) is 0 Å². The highest BCUT2D eigenvalue weighted by Crippen LogP contribution is 2.20. The van der Waals surface area contributed by atoms with Crippen molar-refractivity contribution in [3.05, 3.63) is 59.9 Å². The van der Waals surface area contributed by atoms with Crippen molar-refractivity contribution >= 4 is 5.91 Å². The Hall–Kier alpha value is -2.49. The topological polar surface area (TPSA) is 54.9 Å². The molecule has 0 unspecified atom stereocenters. The summed E-state index contributed by atoms with van der Waals surface area (Å²) < 4.78 is 0. The van der Waals surface area contributed by atoms with Crippen LogP contribution in [0.2, 0.25) is 0 Å². The van der Waals surface area contributed by atoms with Crippen LogP contribution in [0, 0.1) is 0 Å². The maximum absolute atomic E-state index is 12.6. The molecular formula is C20H23N3O. The number of rotatable bonds is 5. The van der Waals surface area contributed by atoms with E-state index in [1.807, 2.05) is 18.2 Å². The zero-order valence-electron chi connectivity index (χ0n) is 13.9. The van der Waals surface area contributed by atoms with Gasteiger partial charge in [0.15, 0.2) is 0 Å². The molecule has 24 heavy (non-hydrogen) atoms. The predicted molar refractivity (Wildman–Crippen MR) is 95.6 cm³/mol. The molecule has 0 saturated heterocycles. The molecular weight excluding hydrogens is 298 g/mol. The standard InChI is InChI=1S/C20H23N3O/c24-20(23-15-12-16-8-3-1-2-4-9-16)17-10-7-14-22-19(17)18-11-5-6-13-21-18/h5-8,10-11,13-14H,1-4,9,12,15H2,(H,23,24). The monoisotopic (exact) mass is 321 g/mol. The molecule has 0 bridgehead atoms. The van der Waals surface area contributed by atoms with E-state index in [9.17, 15) is 4.79 Å². The van der Waals surface area contributed by atoms with E-state index in [1.54, 1.807) is 24.5 Å². The quantitative estimate of drug-likeness (QED) is 0.842. The number of carbonyl (C=O) groups excluding carboxylic acids is 1. The maximum atomic E-state index is 12.6. The van der Waals surface area contributed by atoms with Crippen molar-refractivity contribution in [1.82, 2.24) is 15.3 Å². The first-order chi connectivity index (χ1) is 11.8. The van der Waals surface area contributed by atoms with Crippen molar-refractivity contribution in [2.24, 2.45) is 0 Å². The Balaban J connectivity index is 1.64. The van der Waals surface area contributed by atoms with Crippen LogP contribution in [0.15, 0.2) is 54.4 Å². The molecule has 1 amide bonds. The van der Waals surface area contributed by atoms with Gasteiger partial charge in [0.05, 0.1) is 11.3 Å². The molecule has 0 spiro atoms. The summed E-state index contributed by atoms with van der Waals surface area (Å²) in [5, 5.41) is 3.03. The number of pyridine rings is 2. The number of amides is 1. The van der Waals surface area contributed by atoms with Crippen molar-refractivity contribution in [3.63, 3.8) is 0 Å². The summed E-state index contributed by atoms with van der Waals surface area (Å²) in [6.45, 7) is 0.668. The van der Waals surface area contributed by atoms with Crippen molar-refractivity contribution in [2.45, 2.75) is 38.5 Å². The van der Waals surface area contributed by atoms with Crippen LogP contribution in [0.1, 0.15) is 48.9 Å². The molecule has 0 saturated carbocycles. The fraction of sp³-hybridized carbons (Fsp3) is 0.350. The van der Waals surface area contributed by atoms with E-state index in [4.69, 9.17) is 0 Å². The summed E-state index contributed by atoms with van der Waals surface area (Å²) in [7, 11) is 0. The van der Waals surface area contributed by atoms with Crippen molar-refractivity contribution in [1.29, 1.82) is 0 Å². The van der Waals surface area contributed by atoms with E-state index < -0.39 is 0 Å². The highest BCUT2D eigenvalue weighted by Gasteiger charge is 2.14. The number of nitrogens with zero attached hydrogens (tertiary/aromatic N) is 2. The summed E-state index contributed by atoms with van der Waals surface area (Å²) in [6, 6.07) is 9.21. The zero-order chi connectivity index (χ0) is 16.6. The molecule has 0 atom stereocenters. The molecule has 1 aliphatic carbocycles. The van der Waals surface area contributed by atoms with Gasteiger partial charge in [-0.25, -0.2) is 0 Å². The molecule has 2 aromatic heterocycles. The normalized spacial score (nSPS) is 14.6. The minimum atomic E-state index is -0.0852. The molecule has 1 aliphatic rings. The molecule has 0 aromatic carbocycles. The lowest BCUT2D eigenvalue weighted by atomic mass is 10.1. The first-order valence-electron chi connectivity index (χ1n) is 8.67. The fourth-order valence-electron chi connectivity index (χ4n) is 3.04. The van der Waals surface area contributed by atoms with Gasteiger partial charge < -0.3 is 5.32 Å². The van der Waals surface area contributed by atoms with Gasteiger partial charge in [0, 0.05) is 18.9 Å². The molecule has 0 aliphatic heterocycles. The highest BCUT2D eigenvalue weighted by molar-refractivity contribution is 5.99. The minimum Gasteiger partial charge on any atom is -0.352 e. The molecule has 3 rings (SSSR count). The molecule has 2 aromatic rings. The molecule has 0 radical (unpaired) electrons. The summed E-state index contributed by atoms with van der Waals surface area (Å²) >= 11 is 0. The third kappa shape index (κ3) is 4.28. The largest absolute Gasteiger partial charge is 0.352 e. The lowest BCUT2D eigenvalue weighted by Crippen LogP contribution is -2.25. The van der Waals surface area contributed by atoms with Gasteiger partial charge in [-0.3, -0.25) is 14.8 Å². The molecule has 4 heteroatoms. The van der Waals surface area contributed by atoms with Gasteiger partial charge in [0.25, 0.3) is 5.91 Å². The van der Waals surface area contributed by atoms with Crippen LogP contribution in [0.5, 0.6) is 0 Å². The minimum absolute atomic E-state index is 0.0852. The smallest absolute Gasteiger partial charge is 0.253 e. The van der Waals surface area contributed by atoms with Crippen molar-refractivity contribution in [3.8, 4) is 11.4 Å². The molecule has 2 heterocycles. The van der Waals surface area contributed by atoms with Crippen molar-refractivity contribution in [2.75, 3.05) is 6.54 Å². The lowest BCUT2D eigenvalue weighted by molar-refractivity contribution is 0.0954. The van der Waals surface area contributed by atoms with Crippen LogP contribution in [0.4, 0.5) is 0 Å². The molecule has 1 N–H and O–H groups in total. The van der Waals surface area contributed by atoms with Crippen LogP contribution in [-0.2, 0) is 0 Å². The van der Waals surface area contributed by atoms with E-state index >= 15 is 0 Å². The predicted octanol–water partition coefficient (Wildman–Crippen LogP) is 4.15. The summed E-state index contributed by atoms with van der Waals surface area (Å²) in [5.74, 6) is -0.0852. The summed E-state index contributed by atoms with van der Waals surface area (Å²) in [6.07, 6.45) is 12.9. The van der Waals surface area contributed by atoms with Crippen LogP contribution in [0.25, 0.3) is 11.4 Å². The first-order valence-corrected chi connectivity index (χ1v) is 8.67. The Labute approximate surface area is 143 Å². The van der Waals surface area contributed by atoms with Crippen LogP contribution in [0.3, 0.4) is 0 Å². The van der Waals surface area contributed by atoms with Gasteiger partial charge in [0.1, 0.15) is 5.69 Å². The summed E-state index contributed by atoms with van der Waals surface area (Å²) in [5.41, 5.74) is 3.40. The van der Waals surface area contributed by atoms with E-state index in [2.05, 4.69) is 21.4 Å². The van der Waals surface area contributed by atoms with E-state index in [-0.39, 0.29) is 5.91 Å². The Kier molecular flexibility index (Phi) is 5.72. The second kappa shape index (κ2) is 8.39. The molecule has 0 fully saturated rings. The Morgan fingerprint density at radius 3 is 2.83 bits per heavy atom. The third-order valence-electron chi connectivity index (χ3n) is 4.33. The number of nitrogens with one attached hydrogen (secondary N) is 1. The summed E-state index contributed by atoms with van der Waals surface area (Å²) in [4.78, 5) is 21.2. The maximum Gasteiger partial charge on any atom is 0.253 e.